The first-order chi connectivity index (χ1) is 17.5. The molecule has 0 aliphatic rings. The number of aliphatic hydroxyl groups excluding tert-OH is 1. The van der Waals surface area contributed by atoms with Crippen LogP contribution in [0.1, 0.15) is 38.4 Å². The molecule has 1 N–H and O–H groups in total. The summed E-state index contributed by atoms with van der Waals surface area (Å²) in [5.41, 5.74) is 2.90. The van der Waals surface area contributed by atoms with Crippen molar-refractivity contribution in [2.45, 2.75) is 52.3 Å². The van der Waals surface area contributed by atoms with Crippen LogP contribution in [-0.4, -0.2) is 58.8 Å². The van der Waals surface area contributed by atoms with Gasteiger partial charge in [0.1, 0.15) is 11.5 Å². The van der Waals surface area contributed by atoms with Crippen LogP contribution < -0.4 is 9.47 Å². The molecule has 2 atom stereocenters. The van der Waals surface area contributed by atoms with Crippen molar-refractivity contribution in [3.8, 4) is 23.1 Å². The molecule has 1 aromatic heterocycles. The molecule has 3 aromatic rings. The van der Waals surface area contributed by atoms with Crippen molar-refractivity contribution in [2.75, 3.05) is 26.9 Å². The SMILES string of the molecule is C=CCOC[C@H](O)CN(Cc1c(CC)nn(-c2ccccc2)c1Oc1ccc(OC)cc1)[C@H](C)CC. The zero-order chi connectivity index (χ0) is 25.9. The average Bonchev–Trinajstić information content (AvgIpc) is 3.25. The number of hydrogen-bond donors (Lipinski definition) is 1. The summed E-state index contributed by atoms with van der Waals surface area (Å²) >= 11 is 0. The van der Waals surface area contributed by atoms with Gasteiger partial charge >= 0.3 is 0 Å². The van der Waals surface area contributed by atoms with E-state index in [0.717, 1.165) is 35.5 Å². The van der Waals surface area contributed by atoms with Crippen molar-refractivity contribution in [1.82, 2.24) is 14.7 Å². The van der Waals surface area contributed by atoms with Crippen LogP contribution in [0.15, 0.2) is 67.3 Å². The van der Waals surface area contributed by atoms with Crippen molar-refractivity contribution in [1.29, 1.82) is 0 Å². The Hall–Kier alpha value is -3.13. The zero-order valence-corrected chi connectivity index (χ0v) is 21.9. The molecule has 0 unspecified atom stereocenters. The zero-order valence-electron chi connectivity index (χ0n) is 21.9. The Kier molecular flexibility index (Phi) is 10.5. The fourth-order valence-electron chi connectivity index (χ4n) is 4.00. The van der Waals surface area contributed by atoms with E-state index < -0.39 is 6.10 Å². The monoisotopic (exact) mass is 493 g/mol. The lowest BCUT2D eigenvalue weighted by atomic mass is 10.1. The van der Waals surface area contributed by atoms with Gasteiger partial charge in [-0.3, -0.25) is 4.90 Å². The fraction of sp³-hybridized carbons (Fsp3) is 0.414. The number of nitrogens with zero attached hydrogens (tertiary/aromatic N) is 3. The summed E-state index contributed by atoms with van der Waals surface area (Å²) in [6, 6.07) is 17.8. The van der Waals surface area contributed by atoms with Gasteiger partial charge in [0.2, 0.25) is 5.88 Å². The molecule has 0 saturated carbocycles. The molecule has 1 heterocycles. The Bertz CT molecular complexity index is 1070. The predicted molar refractivity (Wildman–Crippen MR) is 143 cm³/mol. The van der Waals surface area contributed by atoms with Gasteiger partial charge in [0.25, 0.3) is 0 Å². The van der Waals surface area contributed by atoms with Crippen LogP contribution >= 0.6 is 0 Å². The van der Waals surface area contributed by atoms with Crippen molar-refractivity contribution >= 4 is 0 Å². The third-order valence-corrected chi connectivity index (χ3v) is 6.20. The van der Waals surface area contributed by atoms with Crippen molar-refractivity contribution in [3.05, 3.63) is 78.5 Å². The second-order valence-corrected chi connectivity index (χ2v) is 8.78. The molecular weight excluding hydrogens is 454 g/mol. The van der Waals surface area contributed by atoms with Gasteiger partial charge in [-0.25, -0.2) is 4.68 Å². The second kappa shape index (κ2) is 13.8. The largest absolute Gasteiger partial charge is 0.497 e. The molecule has 0 amide bonds. The first-order valence-corrected chi connectivity index (χ1v) is 12.6. The van der Waals surface area contributed by atoms with E-state index in [4.69, 9.17) is 19.3 Å². The summed E-state index contributed by atoms with van der Waals surface area (Å²) in [7, 11) is 1.65. The highest BCUT2D eigenvalue weighted by atomic mass is 16.5. The van der Waals surface area contributed by atoms with Gasteiger partial charge in [-0.2, -0.15) is 5.10 Å². The number of ether oxygens (including phenoxy) is 3. The van der Waals surface area contributed by atoms with Crippen LogP contribution in [0.4, 0.5) is 0 Å². The molecule has 0 fully saturated rings. The third-order valence-electron chi connectivity index (χ3n) is 6.20. The number of aromatic nitrogens is 2. The maximum absolute atomic E-state index is 10.7. The number of aryl methyl sites for hydroxylation is 1. The summed E-state index contributed by atoms with van der Waals surface area (Å²) in [6.45, 7) is 11.9. The number of rotatable bonds is 15. The van der Waals surface area contributed by atoms with Crippen molar-refractivity contribution in [2.24, 2.45) is 0 Å². The van der Waals surface area contributed by atoms with Crippen molar-refractivity contribution in [3.63, 3.8) is 0 Å². The highest BCUT2D eigenvalue weighted by Crippen LogP contribution is 2.33. The van der Waals surface area contributed by atoms with E-state index in [0.29, 0.717) is 31.3 Å². The minimum absolute atomic E-state index is 0.248. The van der Waals surface area contributed by atoms with Crippen LogP contribution in [0, 0.1) is 0 Å². The molecule has 0 aliphatic carbocycles. The van der Waals surface area contributed by atoms with Gasteiger partial charge in [0.05, 0.1) is 43.4 Å². The summed E-state index contributed by atoms with van der Waals surface area (Å²) in [6.07, 6.45) is 2.78. The number of aliphatic hydroxyl groups is 1. The summed E-state index contributed by atoms with van der Waals surface area (Å²) < 4.78 is 19.2. The highest BCUT2D eigenvalue weighted by molar-refractivity contribution is 5.44. The lowest BCUT2D eigenvalue weighted by Gasteiger charge is -2.30. The molecule has 0 bridgehead atoms. The van der Waals surface area contributed by atoms with Crippen LogP contribution in [0.2, 0.25) is 0 Å². The van der Waals surface area contributed by atoms with Gasteiger partial charge in [0.15, 0.2) is 0 Å². The summed E-state index contributed by atoms with van der Waals surface area (Å²) in [5.74, 6) is 2.14. The third kappa shape index (κ3) is 7.20. The van der Waals surface area contributed by atoms with Crippen LogP contribution in [0.3, 0.4) is 0 Å². The van der Waals surface area contributed by atoms with E-state index in [9.17, 15) is 5.11 Å². The van der Waals surface area contributed by atoms with E-state index in [-0.39, 0.29) is 12.6 Å². The van der Waals surface area contributed by atoms with Gasteiger partial charge in [-0.15, -0.1) is 6.58 Å². The number of methoxy groups -OCH3 is 1. The topological polar surface area (TPSA) is 69.0 Å². The van der Waals surface area contributed by atoms with Crippen LogP contribution in [0.5, 0.6) is 17.4 Å². The van der Waals surface area contributed by atoms with Gasteiger partial charge < -0.3 is 19.3 Å². The Morgan fingerprint density at radius 2 is 1.78 bits per heavy atom. The summed E-state index contributed by atoms with van der Waals surface area (Å²) in [5, 5.41) is 15.6. The maximum Gasteiger partial charge on any atom is 0.227 e. The number of para-hydroxylation sites is 1. The van der Waals surface area contributed by atoms with Crippen LogP contribution in [-0.2, 0) is 17.7 Å². The van der Waals surface area contributed by atoms with Gasteiger partial charge in [0, 0.05) is 19.1 Å². The minimum Gasteiger partial charge on any atom is -0.497 e. The molecule has 0 spiro atoms. The molecule has 2 aromatic carbocycles. The second-order valence-electron chi connectivity index (χ2n) is 8.78. The van der Waals surface area contributed by atoms with Crippen LogP contribution in [0.25, 0.3) is 5.69 Å². The molecule has 0 aliphatic heterocycles. The first-order valence-electron chi connectivity index (χ1n) is 12.6. The Morgan fingerprint density at radius 3 is 2.39 bits per heavy atom. The molecule has 36 heavy (non-hydrogen) atoms. The lowest BCUT2D eigenvalue weighted by Crippen LogP contribution is -2.40. The predicted octanol–water partition coefficient (Wildman–Crippen LogP) is 5.40. The van der Waals surface area contributed by atoms with E-state index in [1.807, 2.05) is 59.3 Å². The quantitative estimate of drug-likeness (QED) is 0.226. The smallest absolute Gasteiger partial charge is 0.227 e. The molecule has 0 radical (unpaired) electrons. The Morgan fingerprint density at radius 1 is 1.08 bits per heavy atom. The number of hydrogen-bond acceptors (Lipinski definition) is 6. The first kappa shape index (κ1) is 27.5. The molecule has 3 rings (SSSR count). The van der Waals surface area contributed by atoms with E-state index in [1.54, 1.807) is 13.2 Å². The maximum atomic E-state index is 10.7. The highest BCUT2D eigenvalue weighted by Gasteiger charge is 2.25. The molecule has 7 nitrogen and oxygen atoms in total. The normalized spacial score (nSPS) is 12.9. The van der Waals surface area contributed by atoms with E-state index >= 15 is 0 Å². The van der Waals surface area contributed by atoms with Gasteiger partial charge in [-0.1, -0.05) is 38.1 Å². The van der Waals surface area contributed by atoms with Crippen molar-refractivity contribution < 1.29 is 19.3 Å². The summed E-state index contributed by atoms with van der Waals surface area (Å²) in [4.78, 5) is 2.27. The van der Waals surface area contributed by atoms with E-state index in [2.05, 4.69) is 32.3 Å². The van der Waals surface area contributed by atoms with Gasteiger partial charge in [-0.05, 0) is 56.2 Å². The lowest BCUT2D eigenvalue weighted by molar-refractivity contribution is 0.0155. The molecule has 7 heteroatoms. The Labute approximate surface area is 214 Å². The molecule has 194 valence electrons. The fourth-order valence-corrected chi connectivity index (χ4v) is 4.00. The number of benzene rings is 2. The molecule has 0 saturated heterocycles. The average molecular weight is 494 g/mol. The van der Waals surface area contributed by atoms with E-state index in [1.165, 1.54) is 0 Å². The standard InChI is InChI=1S/C29H39N3O4/c1-6-18-35-21-24(33)19-31(22(4)7-2)20-27-28(8-3)30-32(23-12-10-9-11-13-23)29(27)36-26-16-14-25(34-5)15-17-26/h6,9-17,22,24,33H,1,7-8,18-21H2,2-5H3/t22-,24-/m1/s1. The minimum atomic E-state index is -0.612. The Balaban J connectivity index is 1.99. The molecular formula is C29H39N3O4.